The summed E-state index contributed by atoms with van der Waals surface area (Å²) in [5.41, 5.74) is 0.0928. The Morgan fingerprint density at radius 3 is 2.81 bits per heavy atom. The molecule has 4 nitrogen and oxygen atoms in total. The monoisotopic (exact) mass is 241 g/mol. The topological polar surface area (TPSA) is 47.0 Å². The van der Waals surface area contributed by atoms with Crippen molar-refractivity contribution >= 4 is 11.3 Å². The zero-order valence-electron chi connectivity index (χ0n) is 10.1. The van der Waals surface area contributed by atoms with Crippen LogP contribution in [0.4, 0.5) is 0 Å². The first kappa shape index (κ1) is 13.1. The minimum absolute atomic E-state index is 0.0928. The van der Waals surface area contributed by atoms with Crippen LogP contribution in [0.3, 0.4) is 0 Å². The molecule has 0 radical (unpaired) electrons. The van der Waals surface area contributed by atoms with E-state index in [4.69, 9.17) is 4.74 Å². The zero-order chi connectivity index (χ0) is 12.0. The van der Waals surface area contributed by atoms with Gasteiger partial charge in [-0.15, -0.1) is 16.8 Å². The average Bonchev–Trinajstić information content (AvgIpc) is 2.62. The number of hydrogen-bond acceptors (Lipinski definition) is 5. The highest BCUT2D eigenvalue weighted by molar-refractivity contribution is 7.13. The zero-order valence-corrected chi connectivity index (χ0v) is 10.9. The van der Waals surface area contributed by atoms with Crippen LogP contribution in [0.5, 0.6) is 5.19 Å². The summed E-state index contributed by atoms with van der Waals surface area (Å²) in [6.45, 7) is 11.3. The van der Waals surface area contributed by atoms with Gasteiger partial charge in [0.05, 0.1) is 13.2 Å². The third-order valence-electron chi connectivity index (χ3n) is 1.77. The van der Waals surface area contributed by atoms with Gasteiger partial charge in [0.2, 0.25) is 0 Å². The molecular formula is C11H19N3OS. The lowest BCUT2D eigenvalue weighted by molar-refractivity contribution is 0.320. The summed E-state index contributed by atoms with van der Waals surface area (Å²) in [6, 6.07) is 0. The predicted molar refractivity (Wildman–Crippen MR) is 66.8 cm³/mol. The first-order valence-corrected chi connectivity index (χ1v) is 6.14. The van der Waals surface area contributed by atoms with Crippen molar-refractivity contribution in [2.24, 2.45) is 0 Å². The maximum atomic E-state index is 5.40. The second-order valence-electron chi connectivity index (χ2n) is 4.49. The molecule has 0 bridgehead atoms. The molecule has 16 heavy (non-hydrogen) atoms. The smallest absolute Gasteiger partial charge is 0.294 e. The highest BCUT2D eigenvalue weighted by atomic mass is 32.1. The van der Waals surface area contributed by atoms with Crippen LogP contribution in [-0.2, 0) is 6.54 Å². The molecule has 0 spiro atoms. The molecule has 0 aliphatic rings. The Labute approximate surface area is 101 Å². The van der Waals surface area contributed by atoms with Crippen molar-refractivity contribution in [2.75, 3.05) is 6.61 Å². The van der Waals surface area contributed by atoms with Gasteiger partial charge in [-0.25, -0.2) is 0 Å². The number of nitrogens with zero attached hydrogens (tertiary/aromatic N) is 2. The molecule has 1 N–H and O–H groups in total. The van der Waals surface area contributed by atoms with Crippen LogP contribution < -0.4 is 10.1 Å². The molecule has 0 aliphatic heterocycles. The molecule has 5 heteroatoms. The van der Waals surface area contributed by atoms with Crippen LogP contribution in [0.25, 0.3) is 0 Å². The van der Waals surface area contributed by atoms with E-state index < -0.39 is 0 Å². The summed E-state index contributed by atoms with van der Waals surface area (Å²) < 4.78 is 5.40. The molecule has 0 amide bonds. The first-order chi connectivity index (χ1) is 7.51. The van der Waals surface area contributed by atoms with Gasteiger partial charge >= 0.3 is 0 Å². The maximum Gasteiger partial charge on any atom is 0.294 e. The lowest BCUT2D eigenvalue weighted by Gasteiger charge is -2.19. The van der Waals surface area contributed by atoms with E-state index in [0.717, 1.165) is 18.0 Å². The summed E-state index contributed by atoms with van der Waals surface area (Å²) in [4.78, 5) is 0. The van der Waals surface area contributed by atoms with Gasteiger partial charge in [-0.05, 0) is 27.2 Å². The first-order valence-electron chi connectivity index (χ1n) is 5.32. The number of nitrogens with one attached hydrogen (secondary N) is 1. The number of ether oxygens (including phenoxy) is 1. The van der Waals surface area contributed by atoms with Gasteiger partial charge in [-0.3, -0.25) is 0 Å². The summed E-state index contributed by atoms with van der Waals surface area (Å²) in [6.07, 6.45) is 2.65. The van der Waals surface area contributed by atoms with Crippen molar-refractivity contribution in [3.63, 3.8) is 0 Å². The summed E-state index contributed by atoms with van der Waals surface area (Å²) in [5.74, 6) is 0. The Hall–Kier alpha value is -0.940. The molecule has 0 unspecified atom stereocenters. The highest BCUT2D eigenvalue weighted by Crippen LogP contribution is 2.18. The van der Waals surface area contributed by atoms with Crippen molar-refractivity contribution < 1.29 is 4.74 Å². The molecule has 0 saturated heterocycles. The molecule has 90 valence electrons. The second kappa shape index (κ2) is 5.96. The molecule has 1 rings (SSSR count). The Morgan fingerprint density at radius 1 is 1.44 bits per heavy atom. The van der Waals surface area contributed by atoms with Gasteiger partial charge < -0.3 is 10.1 Å². The maximum absolute atomic E-state index is 5.40. The molecule has 1 heterocycles. The fourth-order valence-corrected chi connectivity index (χ4v) is 1.59. The van der Waals surface area contributed by atoms with Gasteiger partial charge in [-0.2, -0.15) is 0 Å². The van der Waals surface area contributed by atoms with Crippen LogP contribution in [0, 0.1) is 0 Å². The van der Waals surface area contributed by atoms with E-state index in [-0.39, 0.29) is 5.54 Å². The molecule has 0 aliphatic carbocycles. The fraction of sp³-hybridized carbons (Fsp3) is 0.636. The largest absolute Gasteiger partial charge is 0.469 e. The third kappa shape index (κ3) is 5.23. The van der Waals surface area contributed by atoms with E-state index in [1.807, 2.05) is 6.08 Å². The Balaban J connectivity index is 2.36. The van der Waals surface area contributed by atoms with E-state index in [9.17, 15) is 0 Å². The quantitative estimate of drug-likeness (QED) is 0.613. The van der Waals surface area contributed by atoms with Crippen molar-refractivity contribution in [1.82, 2.24) is 15.5 Å². The van der Waals surface area contributed by atoms with Crippen molar-refractivity contribution in [3.05, 3.63) is 17.7 Å². The van der Waals surface area contributed by atoms with Gasteiger partial charge in [0.15, 0.2) is 0 Å². The van der Waals surface area contributed by atoms with E-state index in [2.05, 4.69) is 42.9 Å². The SMILES string of the molecule is C=CCCOc1nnc(CNC(C)(C)C)s1. The molecule has 0 atom stereocenters. The normalized spacial score (nSPS) is 11.4. The molecule has 0 saturated carbocycles. The minimum Gasteiger partial charge on any atom is -0.469 e. The Bertz CT molecular complexity index is 330. The summed E-state index contributed by atoms with van der Waals surface area (Å²) in [7, 11) is 0. The van der Waals surface area contributed by atoms with Crippen LogP contribution in [0.1, 0.15) is 32.2 Å². The van der Waals surface area contributed by atoms with Gasteiger partial charge in [0.25, 0.3) is 5.19 Å². The predicted octanol–water partition coefficient (Wildman–Crippen LogP) is 2.38. The van der Waals surface area contributed by atoms with Gasteiger partial charge in [0, 0.05) is 5.54 Å². The number of rotatable bonds is 6. The van der Waals surface area contributed by atoms with E-state index in [1.165, 1.54) is 11.3 Å². The fourth-order valence-electron chi connectivity index (χ4n) is 0.938. The van der Waals surface area contributed by atoms with Crippen molar-refractivity contribution in [2.45, 2.75) is 39.3 Å². The second-order valence-corrected chi connectivity index (χ2v) is 5.52. The van der Waals surface area contributed by atoms with Crippen molar-refractivity contribution in [1.29, 1.82) is 0 Å². The molecule has 1 aromatic rings. The number of aromatic nitrogens is 2. The molecule has 0 aromatic carbocycles. The lowest BCUT2D eigenvalue weighted by Crippen LogP contribution is -2.35. The minimum atomic E-state index is 0.0928. The van der Waals surface area contributed by atoms with Crippen LogP contribution in [0.15, 0.2) is 12.7 Å². The van der Waals surface area contributed by atoms with Crippen LogP contribution in [0.2, 0.25) is 0 Å². The highest BCUT2D eigenvalue weighted by Gasteiger charge is 2.11. The molecule has 0 fully saturated rings. The standard InChI is InChI=1S/C11H19N3OS/c1-5-6-7-15-10-14-13-9(16-10)8-12-11(2,3)4/h5,12H,1,6-8H2,2-4H3. The summed E-state index contributed by atoms with van der Waals surface area (Å²) in [5, 5.41) is 12.9. The Morgan fingerprint density at radius 2 is 2.19 bits per heavy atom. The Kier molecular flexibility index (Phi) is 4.89. The van der Waals surface area contributed by atoms with Gasteiger partial charge in [-0.1, -0.05) is 17.4 Å². The van der Waals surface area contributed by atoms with E-state index in [0.29, 0.717) is 11.8 Å². The number of hydrogen-bond donors (Lipinski definition) is 1. The van der Waals surface area contributed by atoms with Gasteiger partial charge in [0.1, 0.15) is 5.01 Å². The van der Waals surface area contributed by atoms with Crippen LogP contribution in [-0.4, -0.2) is 22.3 Å². The van der Waals surface area contributed by atoms with Crippen LogP contribution >= 0.6 is 11.3 Å². The van der Waals surface area contributed by atoms with Crippen molar-refractivity contribution in [3.8, 4) is 5.19 Å². The van der Waals surface area contributed by atoms with E-state index >= 15 is 0 Å². The summed E-state index contributed by atoms with van der Waals surface area (Å²) >= 11 is 1.48. The lowest BCUT2D eigenvalue weighted by atomic mass is 10.1. The third-order valence-corrected chi connectivity index (χ3v) is 2.60. The molecule has 1 aromatic heterocycles. The van der Waals surface area contributed by atoms with E-state index in [1.54, 1.807) is 0 Å². The molecular weight excluding hydrogens is 222 g/mol. The average molecular weight is 241 g/mol.